The highest BCUT2D eigenvalue weighted by molar-refractivity contribution is 6.74. The van der Waals surface area contributed by atoms with Gasteiger partial charge < -0.3 is 9.33 Å². The lowest BCUT2D eigenvalue weighted by molar-refractivity contribution is 0.0627. The fourth-order valence-corrected chi connectivity index (χ4v) is 7.33. The van der Waals surface area contributed by atoms with Gasteiger partial charge in [0.25, 0.3) is 0 Å². The highest BCUT2D eigenvalue weighted by atomic mass is 28.4. The molecule has 0 bridgehead atoms. The van der Waals surface area contributed by atoms with Crippen LogP contribution in [0, 0.1) is 29.3 Å². The lowest BCUT2D eigenvalue weighted by Crippen LogP contribution is -2.54. The van der Waals surface area contributed by atoms with Crippen LogP contribution in [0.25, 0.3) is 22.2 Å². The smallest absolute Gasteiger partial charge is 0.192 e. The molecule has 1 aliphatic rings. The first kappa shape index (κ1) is 31.1. The molecule has 0 aliphatic carbocycles. The third-order valence-corrected chi connectivity index (χ3v) is 13.7. The number of anilines is 1. The van der Waals surface area contributed by atoms with Gasteiger partial charge in [-0.1, -0.05) is 34.6 Å². The maximum atomic E-state index is 15.4. The van der Waals surface area contributed by atoms with Crippen molar-refractivity contribution >= 4 is 24.9 Å². The SMILES string of the molecule is C[C@@H]1CN(c2ccncc2CCc2ccc(F)c(-c3c(F)cc4ncccc4c3F)n2)C[C@H](C)C1O[Si](C)(C)C(C)(C)C. The van der Waals surface area contributed by atoms with Crippen LogP contribution in [0.3, 0.4) is 0 Å². The predicted molar refractivity (Wildman–Crippen MR) is 169 cm³/mol. The molecule has 5 nitrogen and oxygen atoms in total. The van der Waals surface area contributed by atoms with Gasteiger partial charge in [0.15, 0.2) is 8.32 Å². The Morgan fingerprint density at radius 1 is 0.953 bits per heavy atom. The van der Waals surface area contributed by atoms with E-state index in [1.54, 1.807) is 18.3 Å². The van der Waals surface area contributed by atoms with Crippen LogP contribution in [0.4, 0.5) is 18.9 Å². The Balaban J connectivity index is 1.35. The number of hydrogen-bond donors (Lipinski definition) is 0. The Kier molecular flexibility index (Phi) is 8.69. The van der Waals surface area contributed by atoms with E-state index in [1.807, 2.05) is 12.3 Å². The molecule has 9 heteroatoms. The molecule has 0 N–H and O–H groups in total. The van der Waals surface area contributed by atoms with Crippen molar-refractivity contribution in [2.45, 2.75) is 71.7 Å². The van der Waals surface area contributed by atoms with E-state index in [1.165, 1.54) is 18.3 Å². The van der Waals surface area contributed by atoms with E-state index < -0.39 is 31.3 Å². The normalized spacial score (nSPS) is 19.7. The van der Waals surface area contributed by atoms with Crippen LogP contribution in [-0.2, 0) is 17.3 Å². The highest BCUT2D eigenvalue weighted by Gasteiger charge is 2.43. The Morgan fingerprint density at radius 3 is 2.37 bits per heavy atom. The molecule has 3 aromatic heterocycles. The second-order valence-corrected chi connectivity index (χ2v) is 18.2. The molecule has 1 fully saturated rings. The fourth-order valence-electron chi connectivity index (χ4n) is 5.83. The summed E-state index contributed by atoms with van der Waals surface area (Å²) in [6, 6.07) is 9.01. The van der Waals surface area contributed by atoms with Gasteiger partial charge in [0.2, 0.25) is 0 Å². The summed E-state index contributed by atoms with van der Waals surface area (Å²) >= 11 is 0. The summed E-state index contributed by atoms with van der Waals surface area (Å²) in [5.74, 6) is -1.85. The lowest BCUT2D eigenvalue weighted by Gasteiger charge is -2.48. The maximum Gasteiger partial charge on any atom is 0.192 e. The molecule has 0 amide bonds. The van der Waals surface area contributed by atoms with Crippen LogP contribution >= 0.6 is 0 Å². The molecule has 1 aromatic carbocycles. The fraction of sp³-hybridized carbons (Fsp3) is 0.441. The van der Waals surface area contributed by atoms with Crippen molar-refractivity contribution in [1.82, 2.24) is 15.0 Å². The van der Waals surface area contributed by atoms with Crippen molar-refractivity contribution in [2.75, 3.05) is 18.0 Å². The Labute approximate surface area is 253 Å². The van der Waals surface area contributed by atoms with Crippen LogP contribution in [0.5, 0.6) is 0 Å². The first-order valence-electron chi connectivity index (χ1n) is 15.0. The molecular weight excluding hydrogens is 565 g/mol. The maximum absolute atomic E-state index is 15.4. The van der Waals surface area contributed by atoms with Crippen LogP contribution in [0.1, 0.15) is 45.9 Å². The zero-order valence-electron chi connectivity index (χ0n) is 26.1. The summed E-state index contributed by atoms with van der Waals surface area (Å²) in [6.45, 7) is 17.7. The molecule has 5 rings (SSSR count). The highest BCUT2D eigenvalue weighted by Crippen LogP contribution is 2.41. The zero-order chi connectivity index (χ0) is 31.1. The average molecular weight is 607 g/mol. The first-order valence-corrected chi connectivity index (χ1v) is 17.9. The number of benzene rings is 1. The van der Waals surface area contributed by atoms with Gasteiger partial charge in [-0.25, -0.2) is 18.2 Å². The molecule has 4 aromatic rings. The first-order chi connectivity index (χ1) is 20.3. The van der Waals surface area contributed by atoms with Crippen molar-refractivity contribution in [3.05, 3.63) is 83.7 Å². The van der Waals surface area contributed by atoms with Gasteiger partial charge in [-0.15, -0.1) is 0 Å². The van der Waals surface area contributed by atoms with Crippen molar-refractivity contribution in [1.29, 1.82) is 0 Å². The lowest BCUT2D eigenvalue weighted by atomic mass is 9.87. The van der Waals surface area contributed by atoms with Crippen molar-refractivity contribution < 1.29 is 17.6 Å². The van der Waals surface area contributed by atoms with Gasteiger partial charge in [-0.2, -0.15) is 0 Å². The third kappa shape index (κ3) is 6.34. The van der Waals surface area contributed by atoms with Crippen molar-refractivity contribution in [3.63, 3.8) is 0 Å². The van der Waals surface area contributed by atoms with Crippen molar-refractivity contribution in [2.24, 2.45) is 11.8 Å². The molecule has 1 aliphatic heterocycles. The summed E-state index contributed by atoms with van der Waals surface area (Å²) in [4.78, 5) is 15.2. The molecular formula is C34H41F3N4OSi. The minimum absolute atomic E-state index is 0.118. The topological polar surface area (TPSA) is 51.1 Å². The molecule has 0 spiro atoms. The Morgan fingerprint density at radius 2 is 1.67 bits per heavy atom. The minimum Gasteiger partial charge on any atom is -0.413 e. The largest absolute Gasteiger partial charge is 0.413 e. The minimum atomic E-state index is -1.90. The predicted octanol–water partition coefficient (Wildman–Crippen LogP) is 8.38. The molecule has 1 unspecified atom stereocenters. The monoisotopic (exact) mass is 606 g/mol. The van der Waals surface area contributed by atoms with Gasteiger partial charge >= 0.3 is 0 Å². The second kappa shape index (κ2) is 12.0. The number of fused-ring (bicyclic) bond motifs is 1. The number of aryl methyl sites for hydroxylation is 2. The molecule has 43 heavy (non-hydrogen) atoms. The summed E-state index contributed by atoms with van der Waals surface area (Å²) in [6.07, 6.45) is 6.39. The van der Waals surface area contributed by atoms with E-state index in [-0.39, 0.29) is 27.7 Å². The third-order valence-electron chi connectivity index (χ3n) is 9.18. The van der Waals surface area contributed by atoms with Gasteiger partial charge in [-0.3, -0.25) is 9.97 Å². The number of nitrogens with zero attached hydrogens (tertiary/aromatic N) is 4. The van der Waals surface area contributed by atoms with E-state index in [9.17, 15) is 4.39 Å². The Bertz CT molecular complexity index is 1610. The molecule has 1 saturated heterocycles. The number of piperidine rings is 1. The van der Waals surface area contributed by atoms with Gasteiger partial charge in [0.05, 0.1) is 17.2 Å². The molecule has 3 atom stereocenters. The van der Waals surface area contributed by atoms with Gasteiger partial charge in [0.1, 0.15) is 23.1 Å². The van der Waals surface area contributed by atoms with E-state index in [0.717, 1.165) is 30.4 Å². The van der Waals surface area contributed by atoms with Gasteiger partial charge in [-0.05, 0) is 78.7 Å². The summed E-state index contributed by atoms with van der Waals surface area (Å²) in [7, 11) is -1.90. The summed E-state index contributed by atoms with van der Waals surface area (Å²) in [5.41, 5.74) is 2.05. The number of hydrogen-bond acceptors (Lipinski definition) is 5. The van der Waals surface area contributed by atoms with E-state index in [2.05, 4.69) is 67.6 Å². The van der Waals surface area contributed by atoms with Crippen LogP contribution in [-0.4, -0.2) is 42.5 Å². The quantitative estimate of drug-likeness (QED) is 0.198. The van der Waals surface area contributed by atoms with Crippen LogP contribution in [0.15, 0.2) is 55.0 Å². The molecule has 4 heterocycles. The van der Waals surface area contributed by atoms with E-state index in [0.29, 0.717) is 30.4 Å². The summed E-state index contributed by atoms with van der Waals surface area (Å²) in [5, 5.41) is 0.270. The van der Waals surface area contributed by atoms with Crippen molar-refractivity contribution in [3.8, 4) is 11.3 Å². The number of aromatic nitrogens is 3. The standard InChI is InChI=1S/C34H41F3N4OSi/c1-21-19-41(20-22(2)33(21)42-43(6,7)34(3,4)5)29-14-16-38-18-23(29)10-11-24-12-13-26(35)32(40-24)30-27(36)17-28-25(31(30)37)9-8-15-39-28/h8-9,12-18,21-22,33H,10-11,19-20H2,1-7H3/t21-,22+,33?. The number of rotatable bonds is 7. The van der Waals surface area contributed by atoms with Gasteiger partial charge in [0, 0.05) is 54.5 Å². The van der Waals surface area contributed by atoms with Crippen LogP contribution < -0.4 is 4.90 Å². The number of pyridine rings is 3. The second-order valence-electron chi connectivity index (χ2n) is 13.5. The molecule has 228 valence electrons. The molecule has 0 radical (unpaired) electrons. The number of halogens is 3. The average Bonchev–Trinajstić information content (AvgIpc) is 2.94. The summed E-state index contributed by atoms with van der Waals surface area (Å²) < 4.78 is 52.2. The van der Waals surface area contributed by atoms with E-state index in [4.69, 9.17) is 4.43 Å². The zero-order valence-corrected chi connectivity index (χ0v) is 27.1. The van der Waals surface area contributed by atoms with Crippen LogP contribution in [0.2, 0.25) is 18.1 Å². The Hall–Kier alpha value is -3.30. The van der Waals surface area contributed by atoms with E-state index >= 15 is 8.78 Å². The molecule has 0 saturated carbocycles.